The molecule has 88 valence electrons. The van der Waals surface area contributed by atoms with Crippen LogP contribution in [-0.4, -0.2) is 18.0 Å². The van der Waals surface area contributed by atoms with Crippen molar-refractivity contribution in [3.63, 3.8) is 0 Å². The summed E-state index contributed by atoms with van der Waals surface area (Å²) in [5, 5.41) is 2.87. The van der Waals surface area contributed by atoms with Crippen molar-refractivity contribution in [1.29, 1.82) is 0 Å². The SMILES string of the molecule is CC(Cc1ccc(Br)cc1)NC(=O)[C@H](C)N. The Morgan fingerprint density at radius 2 is 1.94 bits per heavy atom. The largest absolute Gasteiger partial charge is 0.352 e. The third-order valence-electron chi connectivity index (χ3n) is 2.26. The van der Waals surface area contributed by atoms with Gasteiger partial charge >= 0.3 is 0 Å². The molecule has 16 heavy (non-hydrogen) atoms. The van der Waals surface area contributed by atoms with Crippen LogP contribution in [0.25, 0.3) is 0 Å². The molecule has 0 radical (unpaired) electrons. The smallest absolute Gasteiger partial charge is 0.236 e. The molecule has 0 bridgehead atoms. The highest BCUT2D eigenvalue weighted by Crippen LogP contribution is 2.11. The lowest BCUT2D eigenvalue weighted by Gasteiger charge is -2.15. The Kier molecular flexibility index (Phi) is 4.96. The number of amides is 1. The van der Waals surface area contributed by atoms with Gasteiger partial charge in [-0.1, -0.05) is 28.1 Å². The molecule has 1 amide bonds. The summed E-state index contributed by atoms with van der Waals surface area (Å²) in [5.74, 6) is -0.107. The van der Waals surface area contributed by atoms with Crippen LogP contribution in [0.1, 0.15) is 19.4 Å². The number of rotatable bonds is 4. The normalized spacial score (nSPS) is 14.2. The average molecular weight is 285 g/mol. The quantitative estimate of drug-likeness (QED) is 0.887. The van der Waals surface area contributed by atoms with E-state index < -0.39 is 6.04 Å². The molecule has 3 nitrogen and oxygen atoms in total. The van der Waals surface area contributed by atoms with Gasteiger partial charge in [-0.25, -0.2) is 0 Å². The van der Waals surface area contributed by atoms with Gasteiger partial charge in [0.1, 0.15) is 0 Å². The van der Waals surface area contributed by atoms with E-state index in [0.717, 1.165) is 10.9 Å². The number of halogens is 1. The molecule has 3 N–H and O–H groups in total. The Balaban J connectivity index is 2.48. The lowest BCUT2D eigenvalue weighted by Crippen LogP contribution is -2.43. The first-order valence-corrected chi connectivity index (χ1v) is 6.08. The van der Waals surface area contributed by atoms with E-state index in [1.54, 1.807) is 6.92 Å². The summed E-state index contributed by atoms with van der Waals surface area (Å²) >= 11 is 3.38. The number of benzene rings is 1. The van der Waals surface area contributed by atoms with Crippen molar-refractivity contribution in [1.82, 2.24) is 5.32 Å². The minimum absolute atomic E-state index is 0.0969. The second-order valence-electron chi connectivity index (χ2n) is 4.03. The van der Waals surface area contributed by atoms with Gasteiger partial charge < -0.3 is 11.1 Å². The summed E-state index contributed by atoms with van der Waals surface area (Å²) in [4.78, 5) is 11.4. The van der Waals surface area contributed by atoms with Crippen molar-refractivity contribution in [2.24, 2.45) is 5.73 Å². The van der Waals surface area contributed by atoms with E-state index in [9.17, 15) is 4.79 Å². The second kappa shape index (κ2) is 6.01. The molecule has 1 rings (SSSR count). The predicted octanol–water partition coefficient (Wildman–Crippen LogP) is 1.84. The fourth-order valence-corrected chi connectivity index (χ4v) is 1.66. The highest BCUT2D eigenvalue weighted by Gasteiger charge is 2.11. The van der Waals surface area contributed by atoms with Crippen LogP contribution in [0.5, 0.6) is 0 Å². The fraction of sp³-hybridized carbons (Fsp3) is 0.417. The van der Waals surface area contributed by atoms with E-state index >= 15 is 0 Å². The molecule has 1 aromatic carbocycles. The van der Waals surface area contributed by atoms with Crippen molar-refractivity contribution < 1.29 is 4.79 Å². The van der Waals surface area contributed by atoms with Crippen molar-refractivity contribution >= 4 is 21.8 Å². The molecule has 0 saturated heterocycles. The van der Waals surface area contributed by atoms with E-state index in [2.05, 4.69) is 21.2 Å². The molecule has 0 heterocycles. The van der Waals surface area contributed by atoms with Crippen molar-refractivity contribution in [2.45, 2.75) is 32.4 Å². The summed E-state index contributed by atoms with van der Waals surface area (Å²) in [7, 11) is 0. The molecule has 0 spiro atoms. The summed E-state index contributed by atoms with van der Waals surface area (Å²) < 4.78 is 1.06. The van der Waals surface area contributed by atoms with Crippen LogP contribution in [0.2, 0.25) is 0 Å². The van der Waals surface area contributed by atoms with Gasteiger partial charge in [0, 0.05) is 10.5 Å². The Morgan fingerprint density at radius 3 is 2.44 bits per heavy atom. The summed E-state index contributed by atoms with van der Waals surface area (Å²) in [6.45, 7) is 3.66. The van der Waals surface area contributed by atoms with Gasteiger partial charge in [-0.05, 0) is 38.0 Å². The third-order valence-corrected chi connectivity index (χ3v) is 2.79. The molecule has 2 atom stereocenters. The second-order valence-corrected chi connectivity index (χ2v) is 4.94. The highest BCUT2D eigenvalue weighted by molar-refractivity contribution is 9.10. The zero-order valence-corrected chi connectivity index (χ0v) is 11.1. The lowest BCUT2D eigenvalue weighted by atomic mass is 10.1. The van der Waals surface area contributed by atoms with Crippen LogP contribution < -0.4 is 11.1 Å². The number of carbonyl (C=O) groups excluding carboxylic acids is 1. The number of hydrogen-bond donors (Lipinski definition) is 2. The topological polar surface area (TPSA) is 55.1 Å². The molecule has 0 aliphatic rings. The van der Waals surface area contributed by atoms with Gasteiger partial charge in [-0.15, -0.1) is 0 Å². The van der Waals surface area contributed by atoms with Crippen LogP contribution in [0.15, 0.2) is 28.7 Å². The standard InChI is InChI=1S/C12H17BrN2O/c1-8(15-12(16)9(2)14)7-10-3-5-11(13)6-4-10/h3-6,8-9H,7,14H2,1-2H3,(H,15,16)/t8?,9-/m0/s1. The van der Waals surface area contributed by atoms with Gasteiger partial charge in [0.15, 0.2) is 0 Å². The van der Waals surface area contributed by atoms with Crippen molar-refractivity contribution in [2.75, 3.05) is 0 Å². The number of carbonyl (C=O) groups is 1. The first-order valence-electron chi connectivity index (χ1n) is 5.29. The predicted molar refractivity (Wildman–Crippen MR) is 69.1 cm³/mol. The molecule has 0 fully saturated rings. The Morgan fingerprint density at radius 1 is 1.38 bits per heavy atom. The molecule has 0 aromatic heterocycles. The number of nitrogens with one attached hydrogen (secondary N) is 1. The molecule has 1 aromatic rings. The van der Waals surface area contributed by atoms with Crippen molar-refractivity contribution in [3.8, 4) is 0 Å². The van der Waals surface area contributed by atoms with E-state index in [-0.39, 0.29) is 11.9 Å². The zero-order chi connectivity index (χ0) is 12.1. The highest BCUT2D eigenvalue weighted by atomic mass is 79.9. The van der Waals surface area contributed by atoms with Crippen molar-refractivity contribution in [3.05, 3.63) is 34.3 Å². The average Bonchev–Trinajstić information content (AvgIpc) is 2.21. The molecule has 0 aliphatic heterocycles. The molecule has 1 unspecified atom stereocenters. The number of nitrogens with two attached hydrogens (primary N) is 1. The van der Waals surface area contributed by atoms with Gasteiger partial charge in [0.05, 0.1) is 6.04 Å². The maximum absolute atomic E-state index is 11.4. The number of hydrogen-bond acceptors (Lipinski definition) is 2. The first kappa shape index (κ1) is 13.2. The molecular formula is C12H17BrN2O. The van der Waals surface area contributed by atoms with E-state index in [1.807, 2.05) is 31.2 Å². The van der Waals surface area contributed by atoms with E-state index in [1.165, 1.54) is 5.56 Å². The molecule has 4 heteroatoms. The maximum Gasteiger partial charge on any atom is 0.236 e. The van der Waals surface area contributed by atoms with Crippen LogP contribution >= 0.6 is 15.9 Å². The maximum atomic E-state index is 11.4. The summed E-state index contributed by atoms with van der Waals surface area (Å²) in [6.07, 6.45) is 0.811. The summed E-state index contributed by atoms with van der Waals surface area (Å²) in [5.41, 5.74) is 6.67. The van der Waals surface area contributed by atoms with Gasteiger partial charge in [0.25, 0.3) is 0 Å². The van der Waals surface area contributed by atoms with Crippen LogP contribution in [0, 0.1) is 0 Å². The van der Waals surface area contributed by atoms with E-state index in [0.29, 0.717) is 0 Å². The van der Waals surface area contributed by atoms with Gasteiger partial charge in [-0.3, -0.25) is 4.79 Å². The van der Waals surface area contributed by atoms with E-state index in [4.69, 9.17) is 5.73 Å². The van der Waals surface area contributed by atoms with Crippen LogP contribution in [0.3, 0.4) is 0 Å². The van der Waals surface area contributed by atoms with Gasteiger partial charge in [0.2, 0.25) is 5.91 Å². The zero-order valence-electron chi connectivity index (χ0n) is 9.53. The third kappa shape index (κ3) is 4.33. The monoisotopic (exact) mass is 284 g/mol. The van der Waals surface area contributed by atoms with Gasteiger partial charge in [-0.2, -0.15) is 0 Å². The summed E-state index contributed by atoms with van der Waals surface area (Å²) in [6, 6.07) is 7.72. The molecule has 0 aliphatic carbocycles. The minimum Gasteiger partial charge on any atom is -0.352 e. The first-order chi connectivity index (χ1) is 7.49. The van der Waals surface area contributed by atoms with Crippen LogP contribution in [0.4, 0.5) is 0 Å². The fourth-order valence-electron chi connectivity index (χ4n) is 1.40. The molecular weight excluding hydrogens is 268 g/mol. The Hall–Kier alpha value is -0.870. The Labute approximate surface area is 105 Å². The Bertz CT molecular complexity index is 349. The lowest BCUT2D eigenvalue weighted by molar-refractivity contribution is -0.122. The molecule has 0 saturated carbocycles. The van der Waals surface area contributed by atoms with Crippen LogP contribution in [-0.2, 0) is 11.2 Å². The minimum atomic E-state index is -0.452.